The molecule has 0 radical (unpaired) electrons. The lowest BCUT2D eigenvalue weighted by Gasteiger charge is -2.05. The summed E-state index contributed by atoms with van der Waals surface area (Å²) < 4.78 is 0. The number of nitrogens with zero attached hydrogens (tertiary/aromatic N) is 1. The topological polar surface area (TPSA) is 92.0 Å². The zero-order chi connectivity index (χ0) is 13.1. The van der Waals surface area contributed by atoms with Crippen LogP contribution in [0.5, 0.6) is 0 Å². The van der Waals surface area contributed by atoms with Gasteiger partial charge in [0.25, 0.3) is 0 Å². The number of rotatable bonds is 4. The molecule has 4 N–H and O–H groups in total. The molecule has 0 aliphatic rings. The van der Waals surface area contributed by atoms with Crippen molar-refractivity contribution in [3.63, 3.8) is 0 Å². The number of benzene rings is 1. The minimum Gasteiger partial charge on any atom is -0.481 e. The maximum atomic E-state index is 10.6. The van der Waals surface area contributed by atoms with Gasteiger partial charge in [0, 0.05) is 5.56 Å². The Hall–Kier alpha value is -2.14. The number of imidazole rings is 1. The van der Waals surface area contributed by atoms with Crippen molar-refractivity contribution in [3.05, 3.63) is 41.9 Å². The second-order valence-electron chi connectivity index (χ2n) is 4.20. The lowest BCUT2D eigenvalue weighted by Crippen LogP contribution is -2.16. The predicted octanol–water partition coefficient (Wildman–Crippen LogP) is 1.86. The van der Waals surface area contributed by atoms with Gasteiger partial charge in [0.2, 0.25) is 0 Å². The molecular formula is C13H15N3O2. The Labute approximate surface area is 105 Å². The van der Waals surface area contributed by atoms with E-state index in [0.29, 0.717) is 5.82 Å². The molecule has 2 aromatic rings. The molecular weight excluding hydrogens is 230 g/mol. The van der Waals surface area contributed by atoms with Gasteiger partial charge in [0.1, 0.15) is 5.82 Å². The molecule has 1 aromatic carbocycles. The number of aromatic nitrogens is 2. The number of hydrogen-bond acceptors (Lipinski definition) is 3. The van der Waals surface area contributed by atoms with Gasteiger partial charge >= 0.3 is 5.97 Å². The van der Waals surface area contributed by atoms with Crippen molar-refractivity contribution >= 4 is 5.97 Å². The summed E-state index contributed by atoms with van der Waals surface area (Å²) >= 11 is 0. The average molecular weight is 245 g/mol. The van der Waals surface area contributed by atoms with Crippen LogP contribution in [-0.4, -0.2) is 21.0 Å². The average Bonchev–Trinajstić information content (AvgIpc) is 2.78. The summed E-state index contributed by atoms with van der Waals surface area (Å²) in [6.45, 7) is 2.01. The molecule has 1 unspecified atom stereocenters. The van der Waals surface area contributed by atoms with Crippen LogP contribution in [-0.2, 0) is 4.79 Å². The monoisotopic (exact) mass is 245 g/mol. The largest absolute Gasteiger partial charge is 0.481 e. The van der Waals surface area contributed by atoms with Crippen LogP contribution in [0, 0.1) is 6.92 Å². The minimum atomic E-state index is -0.934. The number of carboxylic acids is 1. The maximum Gasteiger partial charge on any atom is 0.305 e. The molecule has 18 heavy (non-hydrogen) atoms. The van der Waals surface area contributed by atoms with Crippen molar-refractivity contribution in [2.24, 2.45) is 5.73 Å². The number of aryl methyl sites for hydroxylation is 1. The third-order valence-corrected chi connectivity index (χ3v) is 2.78. The molecule has 5 heteroatoms. The van der Waals surface area contributed by atoms with Crippen LogP contribution in [0.1, 0.15) is 23.9 Å². The fraction of sp³-hybridized carbons (Fsp3) is 0.231. The van der Waals surface area contributed by atoms with E-state index in [1.54, 1.807) is 6.20 Å². The van der Waals surface area contributed by atoms with Crippen LogP contribution in [0.3, 0.4) is 0 Å². The summed E-state index contributed by atoms with van der Waals surface area (Å²) in [5, 5.41) is 8.69. The fourth-order valence-corrected chi connectivity index (χ4v) is 1.82. The van der Waals surface area contributed by atoms with Gasteiger partial charge in [-0.1, -0.05) is 24.3 Å². The number of hydrogen-bond donors (Lipinski definition) is 3. The molecule has 1 aromatic heterocycles. The van der Waals surface area contributed by atoms with Crippen molar-refractivity contribution in [1.82, 2.24) is 9.97 Å². The molecule has 0 saturated carbocycles. The maximum absolute atomic E-state index is 10.6. The van der Waals surface area contributed by atoms with Crippen molar-refractivity contribution < 1.29 is 9.90 Å². The van der Waals surface area contributed by atoms with E-state index in [4.69, 9.17) is 10.8 Å². The van der Waals surface area contributed by atoms with E-state index in [9.17, 15) is 4.79 Å². The zero-order valence-corrected chi connectivity index (χ0v) is 10.1. The summed E-state index contributed by atoms with van der Waals surface area (Å²) in [6.07, 6.45) is 1.54. The molecule has 0 spiro atoms. The van der Waals surface area contributed by atoms with Gasteiger partial charge in [-0.05, 0) is 12.5 Å². The van der Waals surface area contributed by atoms with Gasteiger partial charge < -0.3 is 15.8 Å². The third kappa shape index (κ3) is 2.57. The molecule has 2 rings (SSSR count). The van der Waals surface area contributed by atoms with Crippen LogP contribution in [0.25, 0.3) is 11.3 Å². The summed E-state index contributed by atoms with van der Waals surface area (Å²) in [5.74, 6) is -0.438. The Morgan fingerprint density at radius 3 is 2.89 bits per heavy atom. The summed E-state index contributed by atoms with van der Waals surface area (Å²) in [4.78, 5) is 17.8. The Morgan fingerprint density at radius 1 is 1.50 bits per heavy atom. The summed E-state index contributed by atoms with van der Waals surface area (Å²) in [5.41, 5.74) is 8.77. The summed E-state index contributed by atoms with van der Waals surface area (Å²) in [6, 6.07) is 7.29. The van der Waals surface area contributed by atoms with Gasteiger partial charge in [0.05, 0.1) is 24.4 Å². The lowest BCUT2D eigenvalue weighted by molar-refractivity contribution is -0.137. The Kier molecular flexibility index (Phi) is 3.43. The van der Waals surface area contributed by atoms with E-state index in [1.165, 1.54) is 0 Å². The first kappa shape index (κ1) is 12.3. The number of nitrogens with two attached hydrogens (primary N) is 1. The molecule has 0 aliphatic heterocycles. The molecule has 0 saturated heterocycles. The van der Waals surface area contributed by atoms with Crippen molar-refractivity contribution in [1.29, 1.82) is 0 Å². The van der Waals surface area contributed by atoms with Crippen LogP contribution < -0.4 is 5.73 Å². The smallest absolute Gasteiger partial charge is 0.305 e. The molecule has 1 heterocycles. The highest BCUT2D eigenvalue weighted by Gasteiger charge is 2.14. The number of carbonyl (C=O) groups is 1. The van der Waals surface area contributed by atoms with E-state index in [1.807, 2.05) is 31.2 Å². The van der Waals surface area contributed by atoms with Crippen molar-refractivity contribution in [3.8, 4) is 11.3 Å². The Bertz CT molecular complexity index is 563. The normalized spacial score (nSPS) is 12.3. The van der Waals surface area contributed by atoms with Crippen LogP contribution >= 0.6 is 0 Å². The third-order valence-electron chi connectivity index (χ3n) is 2.78. The number of H-pyrrole nitrogens is 1. The van der Waals surface area contributed by atoms with E-state index in [0.717, 1.165) is 16.8 Å². The molecule has 5 nitrogen and oxygen atoms in total. The van der Waals surface area contributed by atoms with Gasteiger partial charge in [0.15, 0.2) is 0 Å². The highest BCUT2D eigenvalue weighted by atomic mass is 16.4. The number of carboxylic acid groups (broad SMARTS) is 1. The fourth-order valence-electron chi connectivity index (χ4n) is 1.82. The number of nitrogens with one attached hydrogen (secondary N) is 1. The standard InChI is InChI=1S/C13H15N3O2/c1-8-4-2-3-5-9(8)11-7-15-13(16-11)10(14)6-12(17)18/h2-5,7,10H,6,14H2,1H3,(H,15,16)(H,17,18). The number of aliphatic carboxylic acids is 1. The van der Waals surface area contributed by atoms with E-state index in [2.05, 4.69) is 9.97 Å². The Morgan fingerprint density at radius 2 is 2.22 bits per heavy atom. The Balaban J connectivity index is 2.26. The predicted molar refractivity (Wildman–Crippen MR) is 67.9 cm³/mol. The first-order chi connectivity index (χ1) is 8.58. The van der Waals surface area contributed by atoms with E-state index >= 15 is 0 Å². The van der Waals surface area contributed by atoms with Gasteiger partial charge in [-0.3, -0.25) is 4.79 Å². The van der Waals surface area contributed by atoms with Gasteiger partial charge in [-0.15, -0.1) is 0 Å². The molecule has 0 fully saturated rings. The highest BCUT2D eigenvalue weighted by Crippen LogP contribution is 2.22. The lowest BCUT2D eigenvalue weighted by atomic mass is 10.1. The summed E-state index contributed by atoms with van der Waals surface area (Å²) in [7, 11) is 0. The molecule has 1 atom stereocenters. The zero-order valence-electron chi connectivity index (χ0n) is 10.1. The second-order valence-corrected chi connectivity index (χ2v) is 4.20. The van der Waals surface area contributed by atoms with E-state index in [-0.39, 0.29) is 6.42 Å². The quantitative estimate of drug-likeness (QED) is 0.766. The minimum absolute atomic E-state index is 0.138. The highest BCUT2D eigenvalue weighted by molar-refractivity contribution is 5.68. The molecule has 0 aliphatic carbocycles. The first-order valence-electron chi connectivity index (χ1n) is 5.66. The van der Waals surface area contributed by atoms with Crippen molar-refractivity contribution in [2.75, 3.05) is 0 Å². The van der Waals surface area contributed by atoms with Crippen LogP contribution in [0.2, 0.25) is 0 Å². The van der Waals surface area contributed by atoms with Crippen LogP contribution in [0.15, 0.2) is 30.5 Å². The first-order valence-corrected chi connectivity index (χ1v) is 5.66. The van der Waals surface area contributed by atoms with E-state index < -0.39 is 12.0 Å². The van der Waals surface area contributed by atoms with Crippen LogP contribution in [0.4, 0.5) is 0 Å². The van der Waals surface area contributed by atoms with Crippen molar-refractivity contribution in [2.45, 2.75) is 19.4 Å². The molecule has 94 valence electrons. The SMILES string of the molecule is Cc1ccccc1-c1cnc(C(N)CC(=O)O)[nH]1. The molecule has 0 bridgehead atoms. The molecule has 0 amide bonds. The number of aromatic amines is 1. The van der Waals surface area contributed by atoms with Gasteiger partial charge in [-0.25, -0.2) is 4.98 Å². The van der Waals surface area contributed by atoms with Gasteiger partial charge in [-0.2, -0.15) is 0 Å². The second kappa shape index (κ2) is 5.01.